The number of nitrogens with two attached hydrogens (primary N) is 1. The number of halogens is 1. The highest BCUT2D eigenvalue weighted by molar-refractivity contribution is 9.11. The summed E-state index contributed by atoms with van der Waals surface area (Å²) in [6.45, 7) is 2.02. The molecule has 0 saturated carbocycles. The van der Waals surface area contributed by atoms with Crippen molar-refractivity contribution in [2.75, 3.05) is 0 Å². The van der Waals surface area contributed by atoms with Gasteiger partial charge in [-0.25, -0.2) is 4.99 Å². The molecule has 0 radical (unpaired) electrons. The van der Waals surface area contributed by atoms with Crippen LogP contribution in [0.4, 0.5) is 0 Å². The summed E-state index contributed by atoms with van der Waals surface area (Å²) in [5, 5.41) is 2.93. The molecule has 1 aromatic carbocycles. The first-order chi connectivity index (χ1) is 7.65. The Morgan fingerprint density at radius 2 is 2.06 bits per heavy atom. The van der Waals surface area contributed by atoms with Gasteiger partial charge in [0, 0.05) is 6.20 Å². The Kier molecular flexibility index (Phi) is 3.26. The lowest BCUT2D eigenvalue weighted by Gasteiger charge is -2.19. The van der Waals surface area contributed by atoms with E-state index in [1.54, 1.807) is 6.20 Å². The number of aliphatic imine (C=N–C) groups is 1. The van der Waals surface area contributed by atoms with Gasteiger partial charge in [0.1, 0.15) is 10.4 Å². The first-order valence-electron chi connectivity index (χ1n) is 4.85. The summed E-state index contributed by atoms with van der Waals surface area (Å²) >= 11 is 3.26. The maximum Gasteiger partial charge on any atom is 0.233 e. The standard InChI is InChI=1S/C11H12BrN3O/c1-7-2-4-8(5-3-7)16-11-10(13)14-6-9(12)15-11/h2-6,10,14H,13H2,1H3. The summed E-state index contributed by atoms with van der Waals surface area (Å²) in [4.78, 5) is 4.17. The third kappa shape index (κ3) is 2.62. The molecule has 0 fully saturated rings. The zero-order chi connectivity index (χ0) is 11.5. The molecular weight excluding hydrogens is 270 g/mol. The zero-order valence-corrected chi connectivity index (χ0v) is 10.4. The van der Waals surface area contributed by atoms with Crippen LogP contribution in [0.3, 0.4) is 0 Å². The Labute approximate surface area is 102 Å². The molecule has 0 aliphatic carbocycles. The fraction of sp³-hybridized carbons (Fsp3) is 0.182. The van der Waals surface area contributed by atoms with Crippen LogP contribution < -0.4 is 15.8 Å². The van der Waals surface area contributed by atoms with Crippen LogP contribution in [-0.4, -0.2) is 12.1 Å². The van der Waals surface area contributed by atoms with Gasteiger partial charge in [0.15, 0.2) is 6.17 Å². The normalized spacial score (nSPS) is 19.6. The van der Waals surface area contributed by atoms with Crippen molar-refractivity contribution in [1.29, 1.82) is 0 Å². The van der Waals surface area contributed by atoms with Crippen LogP contribution in [0, 0.1) is 6.92 Å². The van der Waals surface area contributed by atoms with E-state index < -0.39 is 6.17 Å². The van der Waals surface area contributed by atoms with E-state index in [1.807, 2.05) is 31.2 Å². The van der Waals surface area contributed by atoms with Crippen molar-refractivity contribution in [3.05, 3.63) is 40.6 Å². The van der Waals surface area contributed by atoms with Crippen molar-refractivity contribution in [1.82, 2.24) is 5.32 Å². The lowest BCUT2D eigenvalue weighted by molar-refractivity contribution is 0.499. The van der Waals surface area contributed by atoms with E-state index in [4.69, 9.17) is 10.5 Å². The van der Waals surface area contributed by atoms with Crippen LogP contribution >= 0.6 is 15.9 Å². The molecule has 2 rings (SSSR count). The van der Waals surface area contributed by atoms with Crippen LogP contribution in [-0.2, 0) is 0 Å². The molecule has 84 valence electrons. The van der Waals surface area contributed by atoms with E-state index in [2.05, 4.69) is 26.2 Å². The first-order valence-corrected chi connectivity index (χ1v) is 5.65. The molecule has 3 N–H and O–H groups in total. The summed E-state index contributed by atoms with van der Waals surface area (Å²) < 4.78 is 6.25. The average Bonchev–Trinajstić information content (AvgIpc) is 2.27. The molecular formula is C11H12BrN3O. The number of aryl methyl sites for hydroxylation is 1. The molecule has 0 aromatic heterocycles. The predicted molar refractivity (Wildman–Crippen MR) is 67.4 cm³/mol. The molecule has 1 aliphatic heterocycles. The lowest BCUT2D eigenvalue weighted by atomic mass is 10.2. The van der Waals surface area contributed by atoms with Crippen LogP contribution in [0.25, 0.3) is 0 Å². The quantitative estimate of drug-likeness (QED) is 0.773. The number of hydrogen-bond acceptors (Lipinski definition) is 4. The minimum Gasteiger partial charge on any atom is -0.439 e. The number of hydrogen-bond donors (Lipinski definition) is 2. The van der Waals surface area contributed by atoms with Gasteiger partial charge in [0.25, 0.3) is 0 Å². The predicted octanol–water partition coefficient (Wildman–Crippen LogP) is 1.85. The van der Waals surface area contributed by atoms with Gasteiger partial charge < -0.3 is 15.8 Å². The maximum absolute atomic E-state index is 5.79. The van der Waals surface area contributed by atoms with Crippen molar-refractivity contribution in [3.63, 3.8) is 0 Å². The molecule has 0 saturated heterocycles. The van der Waals surface area contributed by atoms with E-state index in [-0.39, 0.29) is 0 Å². The van der Waals surface area contributed by atoms with Crippen molar-refractivity contribution >= 4 is 21.8 Å². The number of nitrogens with zero attached hydrogens (tertiary/aromatic N) is 1. The van der Waals surface area contributed by atoms with E-state index in [9.17, 15) is 0 Å². The van der Waals surface area contributed by atoms with Gasteiger partial charge >= 0.3 is 0 Å². The third-order valence-electron chi connectivity index (χ3n) is 2.11. The summed E-state index contributed by atoms with van der Waals surface area (Å²) in [6, 6.07) is 7.72. The minimum atomic E-state index is -0.414. The molecule has 1 aromatic rings. The summed E-state index contributed by atoms with van der Waals surface area (Å²) in [5.74, 6) is 1.17. The number of ether oxygens (including phenoxy) is 1. The number of nitrogens with one attached hydrogen (secondary N) is 1. The second-order valence-electron chi connectivity index (χ2n) is 3.48. The first kappa shape index (κ1) is 11.2. The van der Waals surface area contributed by atoms with Crippen LogP contribution in [0.5, 0.6) is 5.75 Å². The second kappa shape index (κ2) is 4.67. The molecule has 0 spiro atoms. The van der Waals surface area contributed by atoms with Gasteiger partial charge in [0.05, 0.1) is 0 Å². The Bertz CT molecular complexity index is 439. The Hall–Kier alpha value is -1.33. The van der Waals surface area contributed by atoms with E-state index in [1.165, 1.54) is 5.56 Å². The van der Waals surface area contributed by atoms with Crippen LogP contribution in [0.2, 0.25) is 0 Å². The summed E-state index contributed by atoms with van der Waals surface area (Å²) in [7, 11) is 0. The lowest BCUT2D eigenvalue weighted by Crippen LogP contribution is -2.46. The average molecular weight is 282 g/mol. The topological polar surface area (TPSA) is 59.6 Å². The monoisotopic (exact) mass is 281 g/mol. The number of rotatable bonds is 1. The highest BCUT2D eigenvalue weighted by Crippen LogP contribution is 2.15. The fourth-order valence-corrected chi connectivity index (χ4v) is 1.56. The van der Waals surface area contributed by atoms with Crippen molar-refractivity contribution in [2.24, 2.45) is 10.7 Å². The van der Waals surface area contributed by atoms with Crippen molar-refractivity contribution in [3.8, 4) is 5.75 Å². The van der Waals surface area contributed by atoms with Crippen molar-refractivity contribution in [2.45, 2.75) is 13.1 Å². The zero-order valence-electron chi connectivity index (χ0n) is 8.77. The molecule has 0 amide bonds. The van der Waals surface area contributed by atoms with Gasteiger partial charge in [-0.15, -0.1) is 0 Å². The van der Waals surface area contributed by atoms with E-state index >= 15 is 0 Å². The van der Waals surface area contributed by atoms with Gasteiger partial charge in [0.2, 0.25) is 5.90 Å². The van der Waals surface area contributed by atoms with Gasteiger partial charge in [-0.2, -0.15) is 0 Å². The molecule has 1 atom stereocenters. The smallest absolute Gasteiger partial charge is 0.233 e. The fourth-order valence-electron chi connectivity index (χ4n) is 1.25. The minimum absolute atomic E-state index is 0.414. The van der Waals surface area contributed by atoms with E-state index in [0.717, 1.165) is 5.75 Å². The van der Waals surface area contributed by atoms with Gasteiger partial charge in [-0.05, 0) is 35.0 Å². The van der Waals surface area contributed by atoms with E-state index in [0.29, 0.717) is 10.5 Å². The Morgan fingerprint density at radius 3 is 2.75 bits per heavy atom. The van der Waals surface area contributed by atoms with Crippen LogP contribution in [0.15, 0.2) is 40.1 Å². The van der Waals surface area contributed by atoms with Gasteiger partial charge in [-0.1, -0.05) is 17.7 Å². The number of benzene rings is 1. The molecule has 0 bridgehead atoms. The highest BCUT2D eigenvalue weighted by Gasteiger charge is 2.16. The molecule has 1 heterocycles. The SMILES string of the molecule is Cc1ccc(OC2=NC(Br)=CNC2N)cc1. The molecule has 16 heavy (non-hydrogen) atoms. The van der Waals surface area contributed by atoms with Crippen molar-refractivity contribution < 1.29 is 4.74 Å². The molecule has 1 unspecified atom stereocenters. The third-order valence-corrected chi connectivity index (χ3v) is 2.51. The summed E-state index contributed by atoms with van der Waals surface area (Å²) in [6.07, 6.45) is 1.27. The molecule has 1 aliphatic rings. The van der Waals surface area contributed by atoms with Gasteiger partial charge in [-0.3, -0.25) is 0 Å². The highest BCUT2D eigenvalue weighted by atomic mass is 79.9. The largest absolute Gasteiger partial charge is 0.439 e. The Balaban J connectivity index is 2.15. The van der Waals surface area contributed by atoms with Crippen LogP contribution in [0.1, 0.15) is 5.56 Å². The molecule has 4 nitrogen and oxygen atoms in total. The Morgan fingerprint density at radius 1 is 1.38 bits per heavy atom. The summed E-state index contributed by atoms with van der Waals surface area (Å²) in [5.41, 5.74) is 6.97. The second-order valence-corrected chi connectivity index (χ2v) is 4.29. The maximum atomic E-state index is 5.79. The molecule has 5 heteroatoms.